The van der Waals surface area contributed by atoms with Gasteiger partial charge in [-0.2, -0.15) is 0 Å². The zero-order valence-electron chi connectivity index (χ0n) is 14.7. The molecule has 0 spiro atoms. The van der Waals surface area contributed by atoms with Crippen molar-refractivity contribution in [1.29, 1.82) is 0 Å². The number of nitrogens with one attached hydrogen (secondary N) is 1. The molecule has 0 amide bonds. The van der Waals surface area contributed by atoms with Crippen molar-refractivity contribution in [3.8, 4) is 5.75 Å². The molecule has 3 rings (SSSR count). The predicted octanol–water partition coefficient (Wildman–Crippen LogP) is 2.46. The van der Waals surface area contributed by atoms with Crippen molar-refractivity contribution in [2.45, 2.75) is 25.6 Å². The van der Waals surface area contributed by atoms with Crippen LogP contribution in [0, 0.1) is 6.92 Å². The van der Waals surface area contributed by atoms with Gasteiger partial charge in [-0.25, -0.2) is 9.37 Å². The highest BCUT2D eigenvalue weighted by molar-refractivity contribution is 7.14. The number of carbonyl (C=O) groups is 1. The van der Waals surface area contributed by atoms with E-state index in [4.69, 9.17) is 4.65 Å². The van der Waals surface area contributed by atoms with Crippen LogP contribution in [0.3, 0.4) is 0 Å². The highest BCUT2D eigenvalue weighted by Crippen LogP contribution is 2.36. The Morgan fingerprint density at radius 3 is 3.11 bits per heavy atom. The van der Waals surface area contributed by atoms with Crippen LogP contribution in [-0.4, -0.2) is 47.0 Å². The van der Waals surface area contributed by atoms with Crippen LogP contribution in [0.5, 0.6) is 5.75 Å². The molecule has 2 aromatic rings. The molecule has 1 aliphatic rings. The van der Waals surface area contributed by atoms with Crippen molar-refractivity contribution in [2.24, 2.45) is 5.16 Å². The Morgan fingerprint density at radius 2 is 2.37 bits per heavy atom. The summed E-state index contributed by atoms with van der Waals surface area (Å²) in [7, 11) is -1.13. The first kappa shape index (κ1) is 19.3. The standard InChI is InChI=1S/C17H19BFN3O4S/c1-10-3-2-4-11-7-12(18(24)26-16(10)11)8-14(23)15(22-25)13-9-27-17(21-13)20-6-5-19/h2-4,9,12,24-25H,5-8H2,1H3,(H,20,21)/b22-15-/t12-/m1/s1. The summed E-state index contributed by atoms with van der Waals surface area (Å²) < 4.78 is 17.8. The smallest absolute Gasteiger partial charge is 0.526 e. The molecule has 2 heterocycles. The Balaban J connectivity index is 1.71. The first-order chi connectivity index (χ1) is 13.0. The van der Waals surface area contributed by atoms with Crippen molar-refractivity contribution in [3.63, 3.8) is 0 Å². The van der Waals surface area contributed by atoms with Crippen molar-refractivity contribution in [1.82, 2.24) is 4.98 Å². The molecule has 0 unspecified atom stereocenters. The van der Waals surface area contributed by atoms with Crippen molar-refractivity contribution < 1.29 is 24.1 Å². The van der Waals surface area contributed by atoms with Gasteiger partial charge >= 0.3 is 7.12 Å². The van der Waals surface area contributed by atoms with Gasteiger partial charge in [-0.05, 0) is 24.5 Å². The third-order valence-corrected chi connectivity index (χ3v) is 5.15. The lowest BCUT2D eigenvalue weighted by Crippen LogP contribution is -2.36. The van der Waals surface area contributed by atoms with Gasteiger partial charge in [-0.1, -0.05) is 23.4 Å². The fourth-order valence-corrected chi connectivity index (χ4v) is 3.74. The van der Waals surface area contributed by atoms with Crippen LogP contribution in [0.4, 0.5) is 9.52 Å². The second kappa shape index (κ2) is 8.49. The van der Waals surface area contributed by atoms with E-state index in [0.29, 0.717) is 17.3 Å². The molecule has 0 radical (unpaired) electrons. The lowest BCUT2D eigenvalue weighted by molar-refractivity contribution is -0.113. The molecule has 3 N–H and O–H groups in total. The molecule has 1 aliphatic heterocycles. The van der Waals surface area contributed by atoms with E-state index in [0.717, 1.165) is 11.1 Å². The van der Waals surface area contributed by atoms with Gasteiger partial charge in [0.05, 0.1) is 0 Å². The van der Waals surface area contributed by atoms with Crippen LogP contribution < -0.4 is 9.97 Å². The molecule has 0 aliphatic carbocycles. The molecule has 0 saturated heterocycles. The van der Waals surface area contributed by atoms with Crippen LogP contribution in [-0.2, 0) is 11.2 Å². The average Bonchev–Trinajstić information content (AvgIpc) is 3.10. The van der Waals surface area contributed by atoms with E-state index in [1.165, 1.54) is 11.3 Å². The number of para-hydroxylation sites is 1. The summed E-state index contributed by atoms with van der Waals surface area (Å²) in [6.07, 6.45) is 0.418. The molecule has 1 aromatic carbocycles. The molecule has 1 atom stereocenters. The summed E-state index contributed by atoms with van der Waals surface area (Å²) in [6.45, 7) is 1.45. The summed E-state index contributed by atoms with van der Waals surface area (Å²) in [5, 5.41) is 27.4. The quantitative estimate of drug-likeness (QED) is 0.290. The number of benzene rings is 1. The number of fused-ring (bicyclic) bond motifs is 1. The normalized spacial score (nSPS) is 16.6. The largest absolute Gasteiger partial charge is 0.536 e. The monoisotopic (exact) mass is 391 g/mol. The van der Waals surface area contributed by atoms with Crippen LogP contribution in [0.2, 0.25) is 5.82 Å². The number of aromatic nitrogens is 1. The minimum absolute atomic E-state index is 0.0568. The Labute approximate surface area is 160 Å². The fourth-order valence-electron chi connectivity index (χ4n) is 3.02. The number of rotatable bonds is 7. The summed E-state index contributed by atoms with van der Waals surface area (Å²) in [5.74, 6) is -0.275. The third kappa shape index (κ3) is 4.28. The summed E-state index contributed by atoms with van der Waals surface area (Å²) in [5.41, 5.74) is 1.86. The zero-order valence-corrected chi connectivity index (χ0v) is 15.5. The van der Waals surface area contributed by atoms with E-state index in [1.807, 2.05) is 25.1 Å². The van der Waals surface area contributed by atoms with E-state index in [1.54, 1.807) is 5.38 Å². The topological polar surface area (TPSA) is 104 Å². The molecular formula is C17H19BFN3O4S. The second-order valence-corrected chi connectivity index (χ2v) is 7.12. The molecule has 1 aromatic heterocycles. The Bertz CT molecular complexity index is 860. The van der Waals surface area contributed by atoms with Crippen LogP contribution in [0.25, 0.3) is 0 Å². The minimum Gasteiger partial charge on any atom is -0.536 e. The maximum absolute atomic E-state index is 12.6. The van der Waals surface area contributed by atoms with Gasteiger partial charge in [0, 0.05) is 24.2 Å². The fraction of sp³-hybridized carbons (Fsp3) is 0.353. The number of thiazole rings is 1. The molecule has 0 fully saturated rings. The summed E-state index contributed by atoms with van der Waals surface area (Å²) in [6, 6.07) is 5.69. The highest BCUT2D eigenvalue weighted by atomic mass is 32.1. The van der Waals surface area contributed by atoms with Gasteiger partial charge in [0.25, 0.3) is 0 Å². The number of oxime groups is 1. The number of hydrogen-bond acceptors (Lipinski definition) is 8. The maximum atomic E-state index is 12.6. The van der Waals surface area contributed by atoms with Gasteiger partial charge in [-0.15, -0.1) is 11.3 Å². The van der Waals surface area contributed by atoms with E-state index in [9.17, 15) is 19.4 Å². The predicted molar refractivity (Wildman–Crippen MR) is 102 cm³/mol. The van der Waals surface area contributed by atoms with Crippen molar-refractivity contribution in [3.05, 3.63) is 40.4 Å². The van der Waals surface area contributed by atoms with E-state index < -0.39 is 25.4 Å². The average molecular weight is 391 g/mol. The van der Waals surface area contributed by atoms with Gasteiger partial charge < -0.3 is 20.2 Å². The Kier molecular flexibility index (Phi) is 6.07. The van der Waals surface area contributed by atoms with Gasteiger partial charge in [0.2, 0.25) is 0 Å². The minimum atomic E-state index is -1.13. The number of ketones is 1. The van der Waals surface area contributed by atoms with Crippen LogP contribution in [0.15, 0.2) is 28.7 Å². The number of Topliss-reactive ketones (excluding diaryl/α,β-unsaturated/α-hetero) is 1. The summed E-state index contributed by atoms with van der Waals surface area (Å²) >= 11 is 1.18. The number of halogens is 1. The zero-order chi connectivity index (χ0) is 19.4. The SMILES string of the molecule is Cc1cccc2c1OB(O)[C@@H](CC(=O)/C(=N\O)c1csc(NCCF)n1)C2. The van der Waals surface area contributed by atoms with Crippen molar-refractivity contribution in [2.75, 3.05) is 18.5 Å². The molecule has 142 valence electrons. The molecule has 7 nitrogen and oxygen atoms in total. The lowest BCUT2D eigenvalue weighted by Gasteiger charge is -2.28. The van der Waals surface area contributed by atoms with E-state index in [-0.39, 0.29) is 24.4 Å². The first-order valence-electron chi connectivity index (χ1n) is 8.47. The molecular weight excluding hydrogens is 372 g/mol. The number of anilines is 1. The maximum Gasteiger partial charge on any atom is 0.526 e. The van der Waals surface area contributed by atoms with Crippen LogP contribution >= 0.6 is 11.3 Å². The van der Waals surface area contributed by atoms with Crippen molar-refractivity contribution >= 4 is 35.1 Å². The molecule has 27 heavy (non-hydrogen) atoms. The van der Waals surface area contributed by atoms with Gasteiger partial charge in [0.15, 0.2) is 16.6 Å². The second-order valence-electron chi connectivity index (χ2n) is 6.27. The van der Waals surface area contributed by atoms with E-state index in [2.05, 4.69) is 15.5 Å². The molecule has 0 saturated carbocycles. The highest BCUT2D eigenvalue weighted by Gasteiger charge is 2.37. The van der Waals surface area contributed by atoms with Crippen LogP contribution in [0.1, 0.15) is 23.2 Å². The first-order valence-corrected chi connectivity index (χ1v) is 9.35. The van der Waals surface area contributed by atoms with Gasteiger partial charge in [0.1, 0.15) is 18.1 Å². The number of carbonyl (C=O) groups excluding carboxylic acids is 1. The lowest BCUT2D eigenvalue weighted by atomic mass is 9.64. The van der Waals surface area contributed by atoms with E-state index >= 15 is 0 Å². The third-order valence-electron chi connectivity index (χ3n) is 4.35. The molecule has 0 bridgehead atoms. The Morgan fingerprint density at radius 1 is 1.56 bits per heavy atom. The number of aryl methyl sites for hydroxylation is 1. The number of nitrogens with zero attached hydrogens (tertiary/aromatic N) is 2. The Hall–Kier alpha value is -2.46. The summed E-state index contributed by atoms with van der Waals surface area (Å²) in [4.78, 5) is 16.8. The number of hydrogen-bond donors (Lipinski definition) is 3. The van der Waals surface area contributed by atoms with Gasteiger partial charge in [-0.3, -0.25) is 4.79 Å². The number of alkyl halides is 1. The molecule has 10 heteroatoms.